The number of Topliss-reactive ketones (excluding diaryl/α,β-unsaturated/α-hetero) is 1. The molecule has 0 heterocycles. The summed E-state index contributed by atoms with van der Waals surface area (Å²) in [4.78, 5) is 11.0. The van der Waals surface area contributed by atoms with E-state index >= 15 is 0 Å². The third-order valence-corrected chi connectivity index (χ3v) is 3.27. The number of rotatable bonds is 4. The molecule has 0 spiro atoms. The predicted molar refractivity (Wildman–Crippen MR) is 64.3 cm³/mol. The summed E-state index contributed by atoms with van der Waals surface area (Å²) in [5.74, 6) is -0.222. The van der Waals surface area contributed by atoms with E-state index in [0.29, 0.717) is 10.7 Å². The predicted octanol–water partition coefficient (Wildman–Crippen LogP) is 1.70. The van der Waals surface area contributed by atoms with Crippen molar-refractivity contribution in [3.63, 3.8) is 0 Å². The van der Waals surface area contributed by atoms with Gasteiger partial charge in [0.15, 0.2) is 0 Å². The second-order valence-electron chi connectivity index (χ2n) is 3.45. The molecule has 6 heteroatoms. The largest absolute Gasteiger partial charge is 0.298 e. The summed E-state index contributed by atoms with van der Waals surface area (Å²) in [5, 5.41) is 0.514. The Kier molecular flexibility index (Phi) is 3.93. The molecule has 4 nitrogen and oxygen atoms in total. The summed E-state index contributed by atoms with van der Waals surface area (Å²) in [6.07, 6.45) is 1.06. The lowest BCUT2D eigenvalue weighted by molar-refractivity contribution is -0.115. The fourth-order valence-electron chi connectivity index (χ4n) is 1.21. The molecule has 88 valence electrons. The highest BCUT2D eigenvalue weighted by atomic mass is 35.5. The Bertz CT molecular complexity index is 481. The van der Waals surface area contributed by atoms with Crippen LogP contribution in [-0.4, -0.2) is 27.0 Å². The van der Waals surface area contributed by atoms with E-state index in [1.165, 1.54) is 6.92 Å². The van der Waals surface area contributed by atoms with Crippen molar-refractivity contribution >= 4 is 33.1 Å². The zero-order chi connectivity index (χ0) is 12.3. The molecule has 0 aromatic heterocycles. The number of nitrogens with zero attached hydrogens (tertiary/aromatic N) is 1. The highest BCUT2D eigenvalue weighted by Gasteiger charge is 2.18. The average Bonchev–Trinajstić information content (AvgIpc) is 2.14. The zero-order valence-corrected chi connectivity index (χ0v) is 10.5. The highest BCUT2D eigenvalue weighted by Crippen LogP contribution is 2.20. The molecule has 0 radical (unpaired) electrons. The molecule has 0 bridgehead atoms. The number of hydrogen-bond donors (Lipinski definition) is 0. The minimum Gasteiger partial charge on any atom is -0.298 e. The summed E-state index contributed by atoms with van der Waals surface area (Å²) >= 11 is 5.70. The lowest BCUT2D eigenvalue weighted by atomic mass is 10.3. The van der Waals surface area contributed by atoms with Crippen molar-refractivity contribution in [3.8, 4) is 0 Å². The van der Waals surface area contributed by atoms with E-state index in [4.69, 9.17) is 11.6 Å². The topological polar surface area (TPSA) is 54.5 Å². The normalized spacial score (nSPS) is 11.2. The van der Waals surface area contributed by atoms with Crippen LogP contribution in [0.15, 0.2) is 24.3 Å². The highest BCUT2D eigenvalue weighted by molar-refractivity contribution is 7.92. The smallest absolute Gasteiger partial charge is 0.232 e. The first-order chi connectivity index (χ1) is 7.30. The lowest BCUT2D eigenvalue weighted by Gasteiger charge is -2.20. The Morgan fingerprint density at radius 1 is 1.31 bits per heavy atom. The number of hydrogen-bond acceptors (Lipinski definition) is 3. The molecule has 0 aliphatic rings. The first-order valence-electron chi connectivity index (χ1n) is 4.53. The van der Waals surface area contributed by atoms with Crippen LogP contribution in [0.4, 0.5) is 5.69 Å². The van der Waals surface area contributed by atoms with Gasteiger partial charge in [-0.25, -0.2) is 8.42 Å². The van der Waals surface area contributed by atoms with E-state index in [-0.39, 0.29) is 12.3 Å². The van der Waals surface area contributed by atoms with Gasteiger partial charge < -0.3 is 0 Å². The SMILES string of the molecule is CC(=O)CN(c1ccc(Cl)cc1)S(C)(=O)=O. The van der Waals surface area contributed by atoms with Crippen LogP contribution < -0.4 is 4.31 Å². The maximum atomic E-state index is 11.5. The van der Waals surface area contributed by atoms with Crippen molar-refractivity contribution in [1.29, 1.82) is 0 Å². The maximum absolute atomic E-state index is 11.5. The Morgan fingerprint density at radius 3 is 2.19 bits per heavy atom. The lowest BCUT2D eigenvalue weighted by Crippen LogP contribution is -2.33. The van der Waals surface area contributed by atoms with Crippen molar-refractivity contribution < 1.29 is 13.2 Å². The molecular weight excluding hydrogens is 250 g/mol. The second kappa shape index (κ2) is 4.84. The Morgan fingerprint density at radius 2 is 1.81 bits per heavy atom. The summed E-state index contributed by atoms with van der Waals surface area (Å²) in [7, 11) is -3.46. The van der Waals surface area contributed by atoms with Gasteiger partial charge >= 0.3 is 0 Å². The van der Waals surface area contributed by atoms with Gasteiger partial charge in [-0.05, 0) is 31.2 Å². The van der Waals surface area contributed by atoms with Crippen LogP contribution in [0.5, 0.6) is 0 Å². The quantitative estimate of drug-likeness (QED) is 0.829. The molecule has 0 amide bonds. The van der Waals surface area contributed by atoms with Gasteiger partial charge in [0.25, 0.3) is 0 Å². The molecule has 1 rings (SSSR count). The van der Waals surface area contributed by atoms with Crippen molar-refractivity contribution in [2.24, 2.45) is 0 Å². The van der Waals surface area contributed by atoms with Gasteiger partial charge in [-0.1, -0.05) is 11.6 Å². The number of anilines is 1. The third kappa shape index (κ3) is 3.50. The van der Waals surface area contributed by atoms with E-state index in [1.54, 1.807) is 24.3 Å². The van der Waals surface area contributed by atoms with E-state index in [0.717, 1.165) is 10.6 Å². The van der Waals surface area contributed by atoms with Crippen LogP contribution in [0.25, 0.3) is 0 Å². The van der Waals surface area contributed by atoms with Crippen LogP contribution in [0.1, 0.15) is 6.92 Å². The molecule has 0 atom stereocenters. The molecule has 0 aliphatic carbocycles. The van der Waals surface area contributed by atoms with Gasteiger partial charge in [-0.2, -0.15) is 0 Å². The standard InChI is InChI=1S/C10H12ClNO3S/c1-8(13)7-12(16(2,14)15)10-5-3-9(11)4-6-10/h3-6H,7H2,1-2H3. The average molecular weight is 262 g/mol. The van der Waals surface area contributed by atoms with E-state index in [9.17, 15) is 13.2 Å². The maximum Gasteiger partial charge on any atom is 0.232 e. The minimum absolute atomic E-state index is 0.166. The second-order valence-corrected chi connectivity index (χ2v) is 5.79. The van der Waals surface area contributed by atoms with Gasteiger partial charge in [-0.15, -0.1) is 0 Å². The van der Waals surface area contributed by atoms with Crippen LogP contribution in [0.3, 0.4) is 0 Å². The molecule has 0 unspecified atom stereocenters. The molecular formula is C10H12ClNO3S. The number of benzene rings is 1. The van der Waals surface area contributed by atoms with E-state index in [2.05, 4.69) is 0 Å². The number of ketones is 1. The molecule has 1 aromatic rings. The summed E-state index contributed by atoms with van der Waals surface area (Å²) in [5.41, 5.74) is 0.433. The van der Waals surface area contributed by atoms with Crippen molar-refractivity contribution in [3.05, 3.63) is 29.3 Å². The third-order valence-electron chi connectivity index (χ3n) is 1.88. The summed E-state index contributed by atoms with van der Waals surface area (Å²) in [6.45, 7) is 1.18. The monoisotopic (exact) mass is 261 g/mol. The van der Waals surface area contributed by atoms with Crippen LogP contribution in [0, 0.1) is 0 Å². The Labute approximate surface area is 99.9 Å². The van der Waals surface area contributed by atoms with Crippen molar-refractivity contribution in [2.75, 3.05) is 17.1 Å². The molecule has 0 saturated heterocycles. The minimum atomic E-state index is -3.46. The fraction of sp³-hybridized carbons (Fsp3) is 0.300. The molecule has 0 fully saturated rings. The number of sulfonamides is 1. The first-order valence-corrected chi connectivity index (χ1v) is 6.76. The van der Waals surface area contributed by atoms with Gasteiger partial charge in [0, 0.05) is 5.02 Å². The van der Waals surface area contributed by atoms with E-state index < -0.39 is 10.0 Å². The molecule has 0 saturated carbocycles. The number of halogens is 1. The van der Waals surface area contributed by atoms with Crippen LogP contribution in [0.2, 0.25) is 5.02 Å². The number of carbonyl (C=O) groups is 1. The summed E-state index contributed by atoms with van der Waals surface area (Å²) in [6, 6.07) is 6.28. The van der Waals surface area contributed by atoms with Gasteiger partial charge in [0.1, 0.15) is 5.78 Å². The number of carbonyl (C=O) groups excluding carboxylic acids is 1. The fourth-order valence-corrected chi connectivity index (χ4v) is 2.26. The molecule has 16 heavy (non-hydrogen) atoms. The Hall–Kier alpha value is -1.07. The molecule has 0 N–H and O–H groups in total. The van der Waals surface area contributed by atoms with Gasteiger partial charge in [0.2, 0.25) is 10.0 Å². The molecule has 1 aromatic carbocycles. The summed E-state index contributed by atoms with van der Waals surface area (Å²) < 4.78 is 24.0. The molecule has 0 aliphatic heterocycles. The van der Waals surface area contributed by atoms with Crippen LogP contribution in [-0.2, 0) is 14.8 Å². The zero-order valence-electron chi connectivity index (χ0n) is 8.97. The van der Waals surface area contributed by atoms with E-state index in [1.807, 2.05) is 0 Å². The van der Waals surface area contributed by atoms with Crippen molar-refractivity contribution in [1.82, 2.24) is 0 Å². The van der Waals surface area contributed by atoms with Gasteiger partial charge in [0.05, 0.1) is 18.5 Å². The first kappa shape index (κ1) is 13.0. The van der Waals surface area contributed by atoms with Crippen molar-refractivity contribution in [2.45, 2.75) is 6.92 Å². The Balaban J connectivity index is 3.11. The van der Waals surface area contributed by atoms with Gasteiger partial charge in [-0.3, -0.25) is 9.10 Å². The van der Waals surface area contributed by atoms with Crippen LogP contribution >= 0.6 is 11.6 Å².